The van der Waals surface area contributed by atoms with Crippen LogP contribution in [0.15, 0.2) is 0 Å². The predicted molar refractivity (Wildman–Crippen MR) is 377 cm³/mol. The highest BCUT2D eigenvalue weighted by atomic mass is 31.2. The number of phosphoric ester groups is 2. The Balaban J connectivity index is 5.13. The highest BCUT2D eigenvalue weighted by Crippen LogP contribution is 2.45. The number of rotatable bonds is 75. The molecule has 3 N–H and O–H groups in total. The van der Waals surface area contributed by atoms with E-state index in [4.69, 9.17) is 37.0 Å². The van der Waals surface area contributed by atoms with Crippen LogP contribution in [0.5, 0.6) is 0 Å². The van der Waals surface area contributed by atoms with Crippen molar-refractivity contribution in [3.8, 4) is 0 Å². The fourth-order valence-electron chi connectivity index (χ4n) is 11.4. The minimum Gasteiger partial charge on any atom is -0.462 e. The highest BCUT2D eigenvalue weighted by Gasteiger charge is 2.30. The SMILES string of the molecule is CCCCCCCCCCCCCCCCCCC(=O)OC[C@H](COP(=O)(O)OC[C@@H](O)COP(=O)(O)OC[C@@H](COC(=O)CCCCCCC)OC(=O)CCCCCCCCCCCCCCCCCC)OC(=O)CCCCCCCCCCCCCCCCCC. The van der Waals surface area contributed by atoms with E-state index in [0.29, 0.717) is 25.7 Å². The number of hydrogen-bond donors (Lipinski definition) is 3. The van der Waals surface area contributed by atoms with Gasteiger partial charge in [0.1, 0.15) is 19.3 Å². The van der Waals surface area contributed by atoms with Crippen LogP contribution in [0.1, 0.15) is 394 Å². The average Bonchev–Trinajstić information content (AvgIpc) is 2.02. The minimum atomic E-state index is -4.95. The van der Waals surface area contributed by atoms with Crippen molar-refractivity contribution in [3.05, 3.63) is 0 Å². The molecule has 0 aromatic rings. The Morgan fingerprint density at radius 3 is 0.634 bits per heavy atom. The molecule has 2 unspecified atom stereocenters. The zero-order valence-corrected chi connectivity index (χ0v) is 62.0. The lowest BCUT2D eigenvalue weighted by Gasteiger charge is -2.21. The second-order valence-electron chi connectivity index (χ2n) is 26.7. The Kier molecular flexibility index (Phi) is 67.1. The van der Waals surface area contributed by atoms with Gasteiger partial charge in [-0.2, -0.15) is 0 Å². The first-order valence-electron chi connectivity index (χ1n) is 38.8. The van der Waals surface area contributed by atoms with Gasteiger partial charge in [0.05, 0.1) is 26.4 Å². The molecule has 19 heteroatoms. The van der Waals surface area contributed by atoms with Crippen LogP contribution in [-0.4, -0.2) is 96.7 Å². The molecule has 552 valence electrons. The molecule has 0 rings (SSSR count). The molecule has 0 aromatic heterocycles. The van der Waals surface area contributed by atoms with Gasteiger partial charge in [0, 0.05) is 25.7 Å². The summed E-state index contributed by atoms with van der Waals surface area (Å²) in [4.78, 5) is 72.5. The Hall–Kier alpha value is -1.94. The van der Waals surface area contributed by atoms with Crippen molar-refractivity contribution >= 4 is 39.5 Å². The van der Waals surface area contributed by atoms with Gasteiger partial charge in [0.25, 0.3) is 0 Å². The number of aliphatic hydroxyl groups excluding tert-OH is 1. The van der Waals surface area contributed by atoms with Crippen LogP contribution in [0.4, 0.5) is 0 Å². The van der Waals surface area contributed by atoms with E-state index in [2.05, 4.69) is 27.7 Å². The number of ether oxygens (including phenoxy) is 4. The molecule has 5 atom stereocenters. The molecule has 0 spiro atoms. The van der Waals surface area contributed by atoms with Gasteiger partial charge in [-0.1, -0.05) is 342 Å². The number of carbonyl (C=O) groups excluding carboxylic acids is 4. The summed E-state index contributed by atoms with van der Waals surface area (Å²) in [5.74, 6) is -2.12. The lowest BCUT2D eigenvalue weighted by Crippen LogP contribution is -2.30. The minimum absolute atomic E-state index is 0.108. The third-order valence-corrected chi connectivity index (χ3v) is 19.3. The largest absolute Gasteiger partial charge is 0.472 e. The molecule has 0 aliphatic heterocycles. The second-order valence-corrected chi connectivity index (χ2v) is 29.6. The van der Waals surface area contributed by atoms with Gasteiger partial charge in [-0.05, 0) is 25.7 Å². The van der Waals surface area contributed by atoms with Crippen molar-refractivity contribution in [2.45, 2.75) is 412 Å². The molecule has 0 heterocycles. The van der Waals surface area contributed by atoms with Crippen LogP contribution in [0.3, 0.4) is 0 Å². The summed E-state index contributed by atoms with van der Waals surface area (Å²) in [5.41, 5.74) is 0. The molecule has 93 heavy (non-hydrogen) atoms. The number of esters is 4. The van der Waals surface area contributed by atoms with E-state index in [1.807, 2.05) is 0 Å². The first kappa shape index (κ1) is 91.1. The van der Waals surface area contributed by atoms with Crippen molar-refractivity contribution in [1.29, 1.82) is 0 Å². The Morgan fingerprint density at radius 2 is 0.430 bits per heavy atom. The molecule has 0 saturated heterocycles. The molecule has 0 aliphatic rings. The Labute approximate surface area is 568 Å². The summed E-state index contributed by atoms with van der Waals surface area (Å²) in [6, 6.07) is 0. The maximum Gasteiger partial charge on any atom is 0.472 e. The van der Waals surface area contributed by atoms with Crippen LogP contribution < -0.4 is 0 Å². The quantitative estimate of drug-likeness (QED) is 0.0222. The van der Waals surface area contributed by atoms with Crippen LogP contribution in [-0.2, 0) is 65.4 Å². The summed E-state index contributed by atoms with van der Waals surface area (Å²) >= 11 is 0. The van der Waals surface area contributed by atoms with Gasteiger partial charge < -0.3 is 33.8 Å². The number of hydrogen-bond acceptors (Lipinski definition) is 15. The maximum absolute atomic E-state index is 13.0. The summed E-state index contributed by atoms with van der Waals surface area (Å²) in [6.07, 6.45) is 58.6. The normalized spacial score (nSPS) is 13.9. The van der Waals surface area contributed by atoms with Crippen molar-refractivity contribution in [2.75, 3.05) is 39.6 Å². The average molecular weight is 1370 g/mol. The Morgan fingerprint density at radius 1 is 0.258 bits per heavy atom. The van der Waals surface area contributed by atoms with E-state index in [-0.39, 0.29) is 25.7 Å². The van der Waals surface area contributed by atoms with E-state index >= 15 is 0 Å². The first-order valence-corrected chi connectivity index (χ1v) is 41.8. The van der Waals surface area contributed by atoms with E-state index < -0.39 is 97.5 Å². The van der Waals surface area contributed by atoms with Gasteiger partial charge in [0.2, 0.25) is 0 Å². The van der Waals surface area contributed by atoms with E-state index in [1.54, 1.807) is 0 Å². The number of unbranched alkanes of at least 4 members (excludes halogenated alkanes) is 49. The van der Waals surface area contributed by atoms with Crippen molar-refractivity contribution < 1.29 is 80.2 Å². The van der Waals surface area contributed by atoms with E-state index in [9.17, 15) is 43.2 Å². The first-order chi connectivity index (χ1) is 45.2. The fraction of sp³-hybridized carbons (Fsp3) is 0.946. The molecule has 0 aromatic carbocycles. The molecule has 17 nitrogen and oxygen atoms in total. The van der Waals surface area contributed by atoms with Crippen molar-refractivity contribution in [2.24, 2.45) is 0 Å². The maximum atomic E-state index is 13.0. The van der Waals surface area contributed by atoms with Crippen LogP contribution in [0.25, 0.3) is 0 Å². The molecule has 0 bridgehead atoms. The van der Waals surface area contributed by atoms with Crippen molar-refractivity contribution in [1.82, 2.24) is 0 Å². The van der Waals surface area contributed by atoms with E-state index in [0.717, 1.165) is 96.3 Å². The van der Waals surface area contributed by atoms with Gasteiger partial charge in [-0.3, -0.25) is 37.3 Å². The zero-order chi connectivity index (χ0) is 68.2. The standard InChI is InChI=1S/C74H144O17P2/c1-5-9-13-17-20-23-26-29-32-35-38-41-44-47-51-55-59-72(77)85-65-70(91-74(79)61-57-53-49-46-43-40-37-34-31-28-25-22-19-15-11-7-3)67-89-93(82,83)87-63-68(75)62-86-92(80,81)88-66-69(64-84-71(76)58-54-50-16-12-8-4)90-73(78)60-56-52-48-45-42-39-36-33-30-27-24-21-18-14-10-6-2/h68-70,75H,5-67H2,1-4H3,(H,80,81)(H,82,83)/t68-,69+,70+/m0/s1. The smallest absolute Gasteiger partial charge is 0.462 e. The molecule has 0 amide bonds. The lowest BCUT2D eigenvalue weighted by atomic mass is 10.0. The van der Waals surface area contributed by atoms with Gasteiger partial charge >= 0.3 is 39.5 Å². The summed E-state index contributed by atoms with van der Waals surface area (Å²) < 4.78 is 68.3. The molecule has 0 fully saturated rings. The highest BCUT2D eigenvalue weighted by molar-refractivity contribution is 7.47. The molecule has 0 radical (unpaired) electrons. The molecule has 0 aliphatic carbocycles. The number of carbonyl (C=O) groups is 4. The molecule has 0 saturated carbocycles. The van der Waals surface area contributed by atoms with Crippen LogP contribution in [0.2, 0.25) is 0 Å². The van der Waals surface area contributed by atoms with Crippen LogP contribution in [0, 0.1) is 0 Å². The summed E-state index contributed by atoms with van der Waals surface area (Å²) in [5, 5.41) is 10.6. The van der Waals surface area contributed by atoms with Gasteiger partial charge in [0.15, 0.2) is 12.2 Å². The molecular formula is C74H144O17P2. The summed E-state index contributed by atoms with van der Waals surface area (Å²) in [6.45, 7) is 4.90. The van der Waals surface area contributed by atoms with Crippen molar-refractivity contribution in [3.63, 3.8) is 0 Å². The van der Waals surface area contributed by atoms with Gasteiger partial charge in [-0.15, -0.1) is 0 Å². The lowest BCUT2D eigenvalue weighted by molar-refractivity contribution is -0.161. The third kappa shape index (κ3) is 68.4. The number of aliphatic hydroxyl groups is 1. The monoisotopic (exact) mass is 1370 g/mol. The van der Waals surface area contributed by atoms with Gasteiger partial charge in [-0.25, -0.2) is 9.13 Å². The fourth-order valence-corrected chi connectivity index (χ4v) is 13.0. The zero-order valence-electron chi connectivity index (χ0n) is 60.2. The third-order valence-electron chi connectivity index (χ3n) is 17.4. The predicted octanol–water partition coefficient (Wildman–Crippen LogP) is 21.8. The number of phosphoric acid groups is 2. The Bertz CT molecular complexity index is 1770. The molecular weight excluding hydrogens is 1220 g/mol. The topological polar surface area (TPSA) is 237 Å². The second kappa shape index (κ2) is 68.6. The summed E-state index contributed by atoms with van der Waals surface area (Å²) in [7, 11) is -9.90. The van der Waals surface area contributed by atoms with E-state index in [1.165, 1.54) is 218 Å². The van der Waals surface area contributed by atoms with Crippen LogP contribution >= 0.6 is 15.6 Å².